The lowest BCUT2D eigenvalue weighted by Crippen LogP contribution is -2.12. The third-order valence-corrected chi connectivity index (χ3v) is 3.60. The summed E-state index contributed by atoms with van der Waals surface area (Å²) in [4.78, 5) is 0. The van der Waals surface area contributed by atoms with Gasteiger partial charge in [-0.25, -0.2) is 4.39 Å². The van der Waals surface area contributed by atoms with Crippen molar-refractivity contribution in [2.75, 3.05) is 6.54 Å². The van der Waals surface area contributed by atoms with Gasteiger partial charge in [0.05, 0.1) is 0 Å². The van der Waals surface area contributed by atoms with E-state index in [0.29, 0.717) is 22.5 Å². The van der Waals surface area contributed by atoms with Gasteiger partial charge >= 0.3 is 0 Å². The largest absolute Gasteiger partial charge is 0.457 e. The molecule has 2 rings (SSSR count). The fourth-order valence-corrected chi connectivity index (χ4v) is 2.61. The zero-order valence-electron chi connectivity index (χ0n) is 10.9. The van der Waals surface area contributed by atoms with E-state index in [9.17, 15) is 4.39 Å². The summed E-state index contributed by atoms with van der Waals surface area (Å²) >= 11 is 6.70. The maximum absolute atomic E-state index is 13.4. The molecular formula is C15H14Br2FNO. The number of rotatable bonds is 5. The Balaban J connectivity index is 2.27. The Morgan fingerprint density at radius 2 is 1.90 bits per heavy atom. The van der Waals surface area contributed by atoms with Crippen molar-refractivity contribution in [1.29, 1.82) is 0 Å². The molecule has 0 aromatic heterocycles. The summed E-state index contributed by atoms with van der Waals surface area (Å²) in [6, 6.07) is 10.3. The SMILES string of the molecule is CCNCc1cc(Br)ccc1Oc1cc(F)cc(Br)c1. The highest BCUT2D eigenvalue weighted by Gasteiger charge is 2.07. The van der Waals surface area contributed by atoms with Crippen molar-refractivity contribution in [2.45, 2.75) is 13.5 Å². The third kappa shape index (κ3) is 4.30. The molecule has 0 saturated heterocycles. The molecule has 2 nitrogen and oxygen atoms in total. The lowest BCUT2D eigenvalue weighted by molar-refractivity contribution is 0.467. The van der Waals surface area contributed by atoms with E-state index in [2.05, 4.69) is 37.2 Å². The van der Waals surface area contributed by atoms with E-state index in [1.807, 2.05) is 25.1 Å². The Morgan fingerprint density at radius 1 is 1.10 bits per heavy atom. The topological polar surface area (TPSA) is 21.3 Å². The van der Waals surface area contributed by atoms with Crippen LogP contribution in [0.4, 0.5) is 4.39 Å². The molecular weight excluding hydrogens is 389 g/mol. The van der Waals surface area contributed by atoms with Crippen LogP contribution < -0.4 is 10.1 Å². The Morgan fingerprint density at radius 3 is 2.60 bits per heavy atom. The molecule has 0 fully saturated rings. The first-order valence-corrected chi connectivity index (χ1v) is 7.80. The minimum atomic E-state index is -0.334. The molecule has 0 radical (unpaired) electrons. The molecule has 0 aliphatic rings. The van der Waals surface area contributed by atoms with Gasteiger partial charge in [0.25, 0.3) is 0 Å². The maximum Gasteiger partial charge on any atom is 0.131 e. The first-order valence-electron chi connectivity index (χ1n) is 6.21. The van der Waals surface area contributed by atoms with Crippen molar-refractivity contribution in [2.24, 2.45) is 0 Å². The zero-order chi connectivity index (χ0) is 14.5. The smallest absolute Gasteiger partial charge is 0.131 e. The summed E-state index contributed by atoms with van der Waals surface area (Å²) in [6.45, 7) is 3.61. The van der Waals surface area contributed by atoms with E-state index in [-0.39, 0.29) is 5.82 Å². The second-order valence-corrected chi connectivity index (χ2v) is 6.07. The Kier molecular flexibility index (Phi) is 5.57. The first kappa shape index (κ1) is 15.5. The average Bonchev–Trinajstić information content (AvgIpc) is 2.38. The van der Waals surface area contributed by atoms with Crippen molar-refractivity contribution in [3.8, 4) is 11.5 Å². The Bertz CT molecular complexity index is 584. The number of hydrogen-bond donors (Lipinski definition) is 1. The van der Waals surface area contributed by atoms with Gasteiger partial charge in [0.15, 0.2) is 0 Å². The standard InChI is InChI=1S/C15H14Br2FNO/c1-2-19-9-10-5-11(16)3-4-15(10)20-14-7-12(17)6-13(18)8-14/h3-8,19H,2,9H2,1H3. The lowest BCUT2D eigenvalue weighted by Gasteiger charge is -2.12. The second-order valence-electron chi connectivity index (χ2n) is 4.24. The highest BCUT2D eigenvalue weighted by molar-refractivity contribution is 9.10. The Hall–Kier alpha value is -0.910. The van der Waals surface area contributed by atoms with Gasteiger partial charge in [-0.2, -0.15) is 0 Å². The molecule has 1 N–H and O–H groups in total. The van der Waals surface area contributed by atoms with E-state index in [0.717, 1.165) is 16.6 Å². The van der Waals surface area contributed by atoms with Gasteiger partial charge in [-0.3, -0.25) is 0 Å². The molecule has 0 bridgehead atoms. The Labute approximate surface area is 134 Å². The molecule has 20 heavy (non-hydrogen) atoms. The molecule has 0 aliphatic carbocycles. The van der Waals surface area contributed by atoms with Gasteiger partial charge in [-0.15, -0.1) is 0 Å². The van der Waals surface area contributed by atoms with Crippen molar-refractivity contribution < 1.29 is 9.13 Å². The van der Waals surface area contributed by atoms with Crippen LogP contribution in [0.5, 0.6) is 11.5 Å². The molecule has 106 valence electrons. The molecule has 0 saturated carbocycles. The van der Waals surface area contributed by atoms with Crippen LogP contribution in [0.25, 0.3) is 0 Å². The van der Waals surface area contributed by atoms with Gasteiger partial charge in [0.1, 0.15) is 17.3 Å². The van der Waals surface area contributed by atoms with Crippen LogP contribution in [0, 0.1) is 5.82 Å². The minimum absolute atomic E-state index is 0.334. The zero-order valence-corrected chi connectivity index (χ0v) is 14.1. The number of nitrogens with one attached hydrogen (secondary N) is 1. The second kappa shape index (κ2) is 7.20. The van der Waals surface area contributed by atoms with Crippen molar-refractivity contribution in [3.05, 3.63) is 56.7 Å². The van der Waals surface area contributed by atoms with Crippen LogP contribution in [-0.2, 0) is 6.54 Å². The molecule has 0 unspecified atom stereocenters. The van der Waals surface area contributed by atoms with Gasteiger partial charge < -0.3 is 10.1 Å². The summed E-state index contributed by atoms with van der Waals surface area (Å²) < 4.78 is 20.8. The normalized spacial score (nSPS) is 10.6. The lowest BCUT2D eigenvalue weighted by atomic mass is 10.2. The van der Waals surface area contributed by atoms with E-state index in [1.54, 1.807) is 6.07 Å². The van der Waals surface area contributed by atoms with Crippen LogP contribution >= 0.6 is 31.9 Å². The van der Waals surface area contributed by atoms with Crippen molar-refractivity contribution in [3.63, 3.8) is 0 Å². The van der Waals surface area contributed by atoms with Crippen LogP contribution in [0.3, 0.4) is 0 Å². The minimum Gasteiger partial charge on any atom is -0.457 e. The number of ether oxygens (including phenoxy) is 1. The van der Waals surface area contributed by atoms with Crippen LogP contribution in [0.15, 0.2) is 45.3 Å². The van der Waals surface area contributed by atoms with Crippen LogP contribution in [0.2, 0.25) is 0 Å². The van der Waals surface area contributed by atoms with Gasteiger partial charge in [-0.05, 0) is 36.9 Å². The predicted molar refractivity (Wildman–Crippen MR) is 85.7 cm³/mol. The number of halogens is 3. The highest BCUT2D eigenvalue weighted by atomic mass is 79.9. The van der Waals surface area contributed by atoms with E-state index in [1.165, 1.54) is 12.1 Å². The van der Waals surface area contributed by atoms with E-state index in [4.69, 9.17) is 4.74 Å². The van der Waals surface area contributed by atoms with Crippen molar-refractivity contribution >= 4 is 31.9 Å². The highest BCUT2D eigenvalue weighted by Crippen LogP contribution is 2.30. The summed E-state index contributed by atoms with van der Waals surface area (Å²) in [5.41, 5.74) is 1.02. The monoisotopic (exact) mass is 401 g/mol. The summed E-state index contributed by atoms with van der Waals surface area (Å²) in [5, 5.41) is 3.26. The average molecular weight is 403 g/mol. The van der Waals surface area contributed by atoms with E-state index >= 15 is 0 Å². The molecule has 0 spiro atoms. The molecule has 2 aromatic rings. The molecule has 0 atom stereocenters. The molecule has 0 amide bonds. The number of hydrogen-bond acceptors (Lipinski definition) is 2. The fourth-order valence-electron chi connectivity index (χ4n) is 1.76. The quantitative estimate of drug-likeness (QED) is 0.737. The predicted octanol–water partition coefficient (Wildman–Crippen LogP) is 5.25. The summed E-state index contributed by atoms with van der Waals surface area (Å²) in [5.74, 6) is 0.850. The van der Waals surface area contributed by atoms with E-state index < -0.39 is 0 Å². The van der Waals surface area contributed by atoms with Crippen molar-refractivity contribution in [1.82, 2.24) is 5.32 Å². The van der Waals surface area contributed by atoms with Gasteiger partial charge in [-0.1, -0.05) is 38.8 Å². The molecule has 0 aliphatic heterocycles. The maximum atomic E-state index is 13.4. The summed E-state index contributed by atoms with van der Waals surface area (Å²) in [7, 11) is 0. The van der Waals surface area contributed by atoms with Gasteiger partial charge in [0, 0.05) is 27.1 Å². The molecule has 2 aromatic carbocycles. The van der Waals surface area contributed by atoms with Crippen LogP contribution in [0.1, 0.15) is 12.5 Å². The number of benzene rings is 2. The van der Waals surface area contributed by atoms with Gasteiger partial charge in [0.2, 0.25) is 0 Å². The first-order chi connectivity index (χ1) is 9.58. The molecule has 5 heteroatoms. The summed E-state index contributed by atoms with van der Waals surface area (Å²) in [6.07, 6.45) is 0. The molecule has 0 heterocycles. The fraction of sp³-hybridized carbons (Fsp3) is 0.200. The third-order valence-electron chi connectivity index (χ3n) is 2.65. The van der Waals surface area contributed by atoms with Crippen LogP contribution in [-0.4, -0.2) is 6.54 Å².